The summed E-state index contributed by atoms with van der Waals surface area (Å²) < 4.78 is 11.5. The Morgan fingerprint density at radius 2 is 1.53 bits per heavy atom. The molecule has 0 atom stereocenters. The summed E-state index contributed by atoms with van der Waals surface area (Å²) in [5, 5.41) is 0. The number of hydrogen-bond donors (Lipinski definition) is 0. The SMILES string of the molecule is CCOC(=O)C1(C(=O)OCC)Cc2cc(C(=O)c3ccc(Br)cc3)nc(-c3ccccc3)c2C1. The second-order valence-electron chi connectivity index (χ2n) is 8.07. The summed E-state index contributed by atoms with van der Waals surface area (Å²) in [6.07, 6.45) is 0.187. The molecule has 1 aliphatic carbocycles. The normalized spacial score (nSPS) is 13.7. The lowest BCUT2D eigenvalue weighted by Gasteiger charge is -2.24. The third-order valence-corrected chi connectivity index (χ3v) is 6.43. The molecule has 174 valence electrons. The second-order valence-corrected chi connectivity index (χ2v) is 8.99. The molecule has 0 saturated carbocycles. The van der Waals surface area contributed by atoms with E-state index < -0.39 is 17.4 Å². The minimum atomic E-state index is -1.50. The fourth-order valence-corrected chi connectivity index (χ4v) is 4.54. The molecule has 1 aliphatic rings. The number of benzene rings is 2. The van der Waals surface area contributed by atoms with Crippen LogP contribution in [0.4, 0.5) is 0 Å². The maximum Gasteiger partial charge on any atom is 0.324 e. The Bertz CT molecular complexity index is 1220. The summed E-state index contributed by atoms with van der Waals surface area (Å²) in [7, 11) is 0. The number of carbonyl (C=O) groups excluding carboxylic acids is 3. The average Bonchev–Trinajstić information content (AvgIpc) is 3.25. The molecule has 0 unspecified atom stereocenters. The molecule has 1 aromatic heterocycles. The van der Waals surface area contributed by atoms with E-state index >= 15 is 0 Å². The van der Waals surface area contributed by atoms with Gasteiger partial charge in [0.2, 0.25) is 5.78 Å². The van der Waals surface area contributed by atoms with Crippen LogP contribution in [0.1, 0.15) is 41.0 Å². The number of hydrogen-bond acceptors (Lipinski definition) is 6. The highest BCUT2D eigenvalue weighted by molar-refractivity contribution is 9.10. The van der Waals surface area contributed by atoms with E-state index in [1.165, 1.54) is 0 Å². The Hall–Kier alpha value is -3.32. The number of carbonyl (C=O) groups is 3. The fourth-order valence-electron chi connectivity index (χ4n) is 4.28. The van der Waals surface area contributed by atoms with Crippen LogP contribution in [0.2, 0.25) is 0 Å². The van der Waals surface area contributed by atoms with Gasteiger partial charge in [0.15, 0.2) is 5.41 Å². The van der Waals surface area contributed by atoms with Gasteiger partial charge in [0.05, 0.1) is 18.9 Å². The molecule has 0 spiro atoms. The zero-order chi connectivity index (χ0) is 24.3. The van der Waals surface area contributed by atoms with Gasteiger partial charge in [-0.25, -0.2) is 4.98 Å². The number of ketones is 1. The van der Waals surface area contributed by atoms with Crippen LogP contribution in [0.25, 0.3) is 11.3 Å². The topological polar surface area (TPSA) is 82.6 Å². The van der Waals surface area contributed by atoms with Gasteiger partial charge in [-0.2, -0.15) is 0 Å². The number of rotatable bonds is 7. The zero-order valence-electron chi connectivity index (χ0n) is 19.0. The number of nitrogens with zero attached hydrogens (tertiary/aromatic N) is 1. The highest BCUT2D eigenvalue weighted by Crippen LogP contribution is 2.43. The van der Waals surface area contributed by atoms with E-state index in [1.54, 1.807) is 44.2 Å². The van der Waals surface area contributed by atoms with Crippen LogP contribution in [-0.2, 0) is 31.9 Å². The summed E-state index contributed by atoms with van der Waals surface area (Å²) in [5.41, 5.74) is 2.09. The van der Waals surface area contributed by atoms with Crippen molar-refractivity contribution in [2.75, 3.05) is 13.2 Å². The molecule has 7 heteroatoms. The van der Waals surface area contributed by atoms with Crippen molar-refractivity contribution in [2.24, 2.45) is 5.41 Å². The van der Waals surface area contributed by atoms with Crippen LogP contribution in [0.15, 0.2) is 65.1 Å². The van der Waals surface area contributed by atoms with E-state index in [0.29, 0.717) is 11.3 Å². The minimum absolute atomic E-state index is 0.0863. The molecule has 3 aromatic rings. The molecule has 34 heavy (non-hydrogen) atoms. The summed E-state index contributed by atoms with van der Waals surface area (Å²) in [5.74, 6) is -1.48. The summed E-state index contributed by atoms with van der Waals surface area (Å²) in [6.45, 7) is 3.69. The van der Waals surface area contributed by atoms with Crippen LogP contribution in [0.5, 0.6) is 0 Å². The van der Waals surface area contributed by atoms with E-state index in [-0.39, 0.29) is 37.5 Å². The lowest BCUT2D eigenvalue weighted by Crippen LogP contribution is -2.43. The molecule has 1 heterocycles. The van der Waals surface area contributed by atoms with Gasteiger partial charge in [-0.3, -0.25) is 14.4 Å². The highest BCUT2D eigenvalue weighted by Gasteiger charge is 2.54. The predicted molar refractivity (Wildman–Crippen MR) is 130 cm³/mol. The first-order valence-electron chi connectivity index (χ1n) is 11.1. The zero-order valence-corrected chi connectivity index (χ0v) is 20.6. The van der Waals surface area contributed by atoms with Crippen LogP contribution >= 0.6 is 15.9 Å². The first-order valence-corrected chi connectivity index (χ1v) is 11.9. The summed E-state index contributed by atoms with van der Waals surface area (Å²) in [4.78, 5) is 44.2. The Kier molecular flexibility index (Phi) is 6.93. The predicted octanol–water partition coefficient (Wildman–Crippen LogP) is 4.95. The van der Waals surface area contributed by atoms with Crippen molar-refractivity contribution in [3.63, 3.8) is 0 Å². The van der Waals surface area contributed by atoms with Crippen molar-refractivity contribution in [3.05, 3.63) is 87.5 Å². The van der Waals surface area contributed by atoms with Gasteiger partial charge in [-0.1, -0.05) is 46.3 Å². The molecule has 0 amide bonds. The third kappa shape index (κ3) is 4.40. The highest BCUT2D eigenvalue weighted by atomic mass is 79.9. The first-order chi connectivity index (χ1) is 16.4. The van der Waals surface area contributed by atoms with Gasteiger partial charge < -0.3 is 9.47 Å². The van der Waals surface area contributed by atoms with E-state index in [0.717, 1.165) is 21.2 Å². The quantitative estimate of drug-likeness (QED) is 0.248. The molecule has 0 N–H and O–H groups in total. The van der Waals surface area contributed by atoms with Gasteiger partial charge in [0, 0.05) is 22.0 Å². The van der Waals surface area contributed by atoms with E-state index in [2.05, 4.69) is 15.9 Å². The third-order valence-electron chi connectivity index (χ3n) is 5.91. The molecule has 4 rings (SSSR count). The van der Waals surface area contributed by atoms with Crippen molar-refractivity contribution >= 4 is 33.7 Å². The maximum absolute atomic E-state index is 13.3. The van der Waals surface area contributed by atoms with Gasteiger partial charge in [-0.05, 0) is 61.7 Å². The van der Waals surface area contributed by atoms with Crippen LogP contribution in [-0.4, -0.2) is 35.9 Å². The minimum Gasteiger partial charge on any atom is -0.465 e. The molecular weight excluding hydrogens is 498 g/mol. The van der Waals surface area contributed by atoms with Crippen LogP contribution < -0.4 is 0 Å². The van der Waals surface area contributed by atoms with Crippen molar-refractivity contribution in [1.82, 2.24) is 4.98 Å². The van der Waals surface area contributed by atoms with Gasteiger partial charge in [0.25, 0.3) is 0 Å². The van der Waals surface area contributed by atoms with Crippen LogP contribution in [0, 0.1) is 5.41 Å². The molecule has 0 saturated heterocycles. The Morgan fingerprint density at radius 1 is 0.912 bits per heavy atom. The number of aromatic nitrogens is 1. The van der Waals surface area contributed by atoms with Crippen molar-refractivity contribution in [2.45, 2.75) is 26.7 Å². The number of ether oxygens (including phenoxy) is 2. The largest absolute Gasteiger partial charge is 0.465 e. The second kappa shape index (κ2) is 9.89. The fraction of sp³-hybridized carbons (Fsp3) is 0.259. The number of fused-ring (bicyclic) bond motifs is 1. The molecule has 0 fully saturated rings. The average molecular weight is 522 g/mol. The monoisotopic (exact) mass is 521 g/mol. The van der Waals surface area contributed by atoms with Crippen LogP contribution in [0.3, 0.4) is 0 Å². The number of pyridine rings is 1. The van der Waals surface area contributed by atoms with E-state index in [1.807, 2.05) is 30.3 Å². The summed E-state index contributed by atoms with van der Waals surface area (Å²) in [6, 6.07) is 18.2. The molecular formula is C27H24BrNO5. The molecule has 0 radical (unpaired) electrons. The molecule has 6 nitrogen and oxygen atoms in total. The Labute approximate surface area is 206 Å². The Balaban J connectivity index is 1.86. The Morgan fingerprint density at radius 3 is 2.12 bits per heavy atom. The number of esters is 2. The molecule has 0 aliphatic heterocycles. The molecule has 0 bridgehead atoms. The van der Waals surface area contributed by atoms with Crippen molar-refractivity contribution in [3.8, 4) is 11.3 Å². The number of halogens is 1. The summed E-state index contributed by atoms with van der Waals surface area (Å²) >= 11 is 3.38. The smallest absolute Gasteiger partial charge is 0.324 e. The molecule has 2 aromatic carbocycles. The van der Waals surface area contributed by atoms with Crippen molar-refractivity contribution < 1.29 is 23.9 Å². The lowest BCUT2D eigenvalue weighted by atomic mass is 9.84. The first kappa shape index (κ1) is 23.8. The maximum atomic E-state index is 13.3. The van der Waals surface area contributed by atoms with E-state index in [9.17, 15) is 14.4 Å². The van der Waals surface area contributed by atoms with Crippen molar-refractivity contribution in [1.29, 1.82) is 0 Å². The lowest BCUT2D eigenvalue weighted by molar-refractivity contribution is -0.171. The van der Waals surface area contributed by atoms with Gasteiger partial charge in [0.1, 0.15) is 5.69 Å². The van der Waals surface area contributed by atoms with Gasteiger partial charge in [-0.15, -0.1) is 0 Å². The van der Waals surface area contributed by atoms with E-state index in [4.69, 9.17) is 14.5 Å². The standard InChI is InChI=1S/C27H24BrNO5/c1-3-33-25(31)27(26(32)34-4-2)15-19-14-22(24(30)18-10-12-20(28)13-11-18)29-23(21(19)16-27)17-8-6-5-7-9-17/h5-14H,3-4,15-16H2,1-2H3. The van der Waals surface area contributed by atoms with Gasteiger partial charge >= 0.3 is 11.9 Å².